The summed E-state index contributed by atoms with van der Waals surface area (Å²) in [6.45, 7) is 4.93. The largest absolute Gasteiger partial charge is 0.393 e. The molecule has 4 unspecified atom stereocenters. The van der Waals surface area contributed by atoms with Crippen molar-refractivity contribution < 1.29 is 5.11 Å². The van der Waals surface area contributed by atoms with Gasteiger partial charge < -0.3 is 10.8 Å². The molecule has 1 saturated carbocycles. The molecule has 0 aliphatic heterocycles. The van der Waals surface area contributed by atoms with Crippen molar-refractivity contribution in [3.63, 3.8) is 0 Å². The lowest BCUT2D eigenvalue weighted by Gasteiger charge is -2.33. The van der Waals surface area contributed by atoms with Crippen LogP contribution in [0.1, 0.15) is 39.5 Å². The Labute approximate surface area is 81.5 Å². The fraction of sp³-hybridized carbons (Fsp3) is 1.00. The highest BCUT2D eigenvalue weighted by molar-refractivity contribution is 4.79. The lowest BCUT2D eigenvalue weighted by Crippen LogP contribution is -2.34. The number of nitrogens with two attached hydrogens (primary N) is 1. The first-order valence-electron chi connectivity index (χ1n) is 5.53. The van der Waals surface area contributed by atoms with Crippen LogP contribution in [0.15, 0.2) is 0 Å². The SMILES string of the molecule is CC1CCCC(C(O)C(C)CN)C1. The molecule has 0 aromatic heterocycles. The Bertz CT molecular complexity index is 149. The lowest BCUT2D eigenvalue weighted by atomic mass is 9.76. The summed E-state index contributed by atoms with van der Waals surface area (Å²) in [7, 11) is 0. The van der Waals surface area contributed by atoms with Gasteiger partial charge in [-0.15, -0.1) is 0 Å². The fourth-order valence-corrected chi connectivity index (χ4v) is 2.40. The van der Waals surface area contributed by atoms with Gasteiger partial charge in [0.1, 0.15) is 0 Å². The first-order valence-corrected chi connectivity index (χ1v) is 5.53. The van der Waals surface area contributed by atoms with Crippen molar-refractivity contribution >= 4 is 0 Å². The van der Waals surface area contributed by atoms with E-state index in [0.29, 0.717) is 12.5 Å². The van der Waals surface area contributed by atoms with E-state index in [-0.39, 0.29) is 12.0 Å². The summed E-state index contributed by atoms with van der Waals surface area (Å²) < 4.78 is 0. The quantitative estimate of drug-likeness (QED) is 0.704. The predicted molar refractivity (Wildman–Crippen MR) is 55.3 cm³/mol. The van der Waals surface area contributed by atoms with Crippen LogP contribution in [0.5, 0.6) is 0 Å². The zero-order valence-electron chi connectivity index (χ0n) is 8.87. The number of aliphatic hydroxyl groups is 1. The smallest absolute Gasteiger partial charge is 0.0606 e. The summed E-state index contributed by atoms with van der Waals surface area (Å²) in [5.41, 5.74) is 5.55. The number of aliphatic hydroxyl groups excluding tert-OH is 1. The van der Waals surface area contributed by atoms with Crippen molar-refractivity contribution in [2.45, 2.75) is 45.6 Å². The molecule has 2 heteroatoms. The van der Waals surface area contributed by atoms with Gasteiger partial charge in [0.05, 0.1) is 6.10 Å². The van der Waals surface area contributed by atoms with Crippen molar-refractivity contribution in [2.75, 3.05) is 6.54 Å². The zero-order chi connectivity index (χ0) is 9.84. The Morgan fingerprint density at radius 2 is 2.15 bits per heavy atom. The van der Waals surface area contributed by atoms with Crippen molar-refractivity contribution in [1.82, 2.24) is 0 Å². The second kappa shape index (κ2) is 4.97. The minimum Gasteiger partial charge on any atom is -0.393 e. The maximum Gasteiger partial charge on any atom is 0.0606 e. The Morgan fingerprint density at radius 3 is 2.69 bits per heavy atom. The zero-order valence-corrected chi connectivity index (χ0v) is 8.87. The maximum absolute atomic E-state index is 9.98. The monoisotopic (exact) mass is 185 g/mol. The van der Waals surface area contributed by atoms with Gasteiger partial charge in [-0.3, -0.25) is 0 Å². The van der Waals surface area contributed by atoms with Gasteiger partial charge in [-0.1, -0.05) is 26.7 Å². The molecule has 0 radical (unpaired) electrons. The lowest BCUT2D eigenvalue weighted by molar-refractivity contribution is 0.0330. The van der Waals surface area contributed by atoms with Gasteiger partial charge >= 0.3 is 0 Å². The summed E-state index contributed by atoms with van der Waals surface area (Å²) in [5, 5.41) is 9.98. The number of hydrogen-bond donors (Lipinski definition) is 2. The first kappa shape index (κ1) is 11.0. The molecule has 1 aliphatic rings. The van der Waals surface area contributed by atoms with Crippen molar-refractivity contribution in [3.05, 3.63) is 0 Å². The van der Waals surface area contributed by atoms with Crippen LogP contribution in [0.25, 0.3) is 0 Å². The Kier molecular flexibility index (Phi) is 4.20. The second-order valence-electron chi connectivity index (χ2n) is 4.74. The van der Waals surface area contributed by atoms with E-state index in [0.717, 1.165) is 5.92 Å². The van der Waals surface area contributed by atoms with E-state index in [2.05, 4.69) is 6.92 Å². The minimum atomic E-state index is -0.173. The molecule has 1 rings (SSSR count). The Balaban J connectivity index is 2.41. The Hall–Kier alpha value is -0.0800. The van der Waals surface area contributed by atoms with E-state index in [4.69, 9.17) is 5.73 Å². The molecule has 1 aliphatic carbocycles. The molecule has 2 nitrogen and oxygen atoms in total. The van der Waals surface area contributed by atoms with E-state index < -0.39 is 0 Å². The molecule has 0 spiro atoms. The topological polar surface area (TPSA) is 46.2 Å². The molecule has 0 amide bonds. The summed E-state index contributed by atoms with van der Waals surface area (Å²) in [4.78, 5) is 0. The van der Waals surface area contributed by atoms with Gasteiger partial charge in [-0.2, -0.15) is 0 Å². The molecule has 0 bridgehead atoms. The molecule has 0 heterocycles. The van der Waals surface area contributed by atoms with Crippen LogP contribution in [0.2, 0.25) is 0 Å². The van der Waals surface area contributed by atoms with Gasteiger partial charge in [0.2, 0.25) is 0 Å². The van der Waals surface area contributed by atoms with Crippen LogP contribution in [0.4, 0.5) is 0 Å². The molecule has 4 atom stereocenters. The number of rotatable bonds is 3. The molecule has 0 aromatic carbocycles. The third-order valence-electron chi connectivity index (χ3n) is 3.41. The normalized spacial score (nSPS) is 34.2. The summed E-state index contributed by atoms with van der Waals surface area (Å²) >= 11 is 0. The highest BCUT2D eigenvalue weighted by Gasteiger charge is 2.27. The average molecular weight is 185 g/mol. The second-order valence-corrected chi connectivity index (χ2v) is 4.74. The molecule has 3 N–H and O–H groups in total. The van der Waals surface area contributed by atoms with E-state index >= 15 is 0 Å². The molecule has 78 valence electrons. The molecular formula is C11H23NO. The summed E-state index contributed by atoms with van der Waals surface area (Å²) in [6.07, 6.45) is 4.81. The molecule has 0 saturated heterocycles. The van der Waals surface area contributed by atoms with Crippen LogP contribution < -0.4 is 5.73 Å². The summed E-state index contributed by atoms with van der Waals surface area (Å²) in [5.74, 6) is 1.55. The molecular weight excluding hydrogens is 162 g/mol. The van der Waals surface area contributed by atoms with Crippen molar-refractivity contribution in [2.24, 2.45) is 23.5 Å². The highest BCUT2D eigenvalue weighted by Crippen LogP contribution is 2.32. The van der Waals surface area contributed by atoms with Crippen LogP contribution in [0.3, 0.4) is 0 Å². The fourth-order valence-electron chi connectivity index (χ4n) is 2.40. The van der Waals surface area contributed by atoms with Crippen LogP contribution in [-0.2, 0) is 0 Å². The van der Waals surface area contributed by atoms with Gasteiger partial charge in [0.25, 0.3) is 0 Å². The molecule has 0 aromatic rings. The standard InChI is InChI=1S/C11H23NO/c1-8-4-3-5-10(6-8)11(13)9(2)7-12/h8-11,13H,3-7,12H2,1-2H3. The van der Waals surface area contributed by atoms with E-state index in [1.165, 1.54) is 25.7 Å². The van der Waals surface area contributed by atoms with Crippen molar-refractivity contribution in [3.8, 4) is 0 Å². The highest BCUT2D eigenvalue weighted by atomic mass is 16.3. The predicted octanol–water partition coefficient (Wildman–Crippen LogP) is 1.77. The number of hydrogen-bond acceptors (Lipinski definition) is 2. The van der Waals surface area contributed by atoms with Crippen molar-refractivity contribution in [1.29, 1.82) is 0 Å². The third-order valence-corrected chi connectivity index (χ3v) is 3.41. The molecule has 1 fully saturated rings. The van der Waals surface area contributed by atoms with Crippen LogP contribution in [-0.4, -0.2) is 17.8 Å². The average Bonchev–Trinajstić information content (AvgIpc) is 2.15. The van der Waals surface area contributed by atoms with Gasteiger partial charge in [0, 0.05) is 0 Å². The molecule has 13 heavy (non-hydrogen) atoms. The van der Waals surface area contributed by atoms with Gasteiger partial charge in [-0.05, 0) is 37.1 Å². The van der Waals surface area contributed by atoms with E-state index in [9.17, 15) is 5.11 Å². The van der Waals surface area contributed by atoms with Crippen LogP contribution in [0, 0.1) is 17.8 Å². The summed E-state index contributed by atoms with van der Waals surface area (Å²) in [6, 6.07) is 0. The Morgan fingerprint density at radius 1 is 1.46 bits per heavy atom. The van der Waals surface area contributed by atoms with Crippen LogP contribution >= 0.6 is 0 Å². The first-order chi connectivity index (χ1) is 6.15. The third kappa shape index (κ3) is 2.96. The van der Waals surface area contributed by atoms with Gasteiger partial charge in [-0.25, -0.2) is 0 Å². The van der Waals surface area contributed by atoms with Gasteiger partial charge in [0.15, 0.2) is 0 Å². The van der Waals surface area contributed by atoms with E-state index in [1.54, 1.807) is 0 Å². The van der Waals surface area contributed by atoms with E-state index in [1.807, 2.05) is 6.92 Å². The maximum atomic E-state index is 9.98. The minimum absolute atomic E-state index is 0.173.